The van der Waals surface area contributed by atoms with Crippen LogP contribution in [-0.4, -0.2) is 26.6 Å². The molecule has 1 rings (SSSR count). The number of allylic oxidation sites excluding steroid dienone is 1. The molecule has 0 aromatic carbocycles. The average molecular weight is 313 g/mol. The third-order valence-electron chi connectivity index (χ3n) is 6.04. The Morgan fingerprint density at radius 1 is 1.38 bits per heavy atom. The van der Waals surface area contributed by atoms with Crippen LogP contribution < -0.4 is 0 Å². The lowest BCUT2D eigenvalue weighted by atomic mass is 9.69. The van der Waals surface area contributed by atoms with Gasteiger partial charge in [0.2, 0.25) is 0 Å². The maximum absolute atomic E-state index is 9.69. The van der Waals surface area contributed by atoms with Crippen LogP contribution in [-0.2, 0) is 4.43 Å². The Morgan fingerprint density at radius 3 is 2.38 bits per heavy atom. The van der Waals surface area contributed by atoms with E-state index in [0.717, 1.165) is 19.4 Å². The second-order valence-electron chi connectivity index (χ2n) is 8.75. The Bertz CT molecular complexity index is 379. The molecule has 0 unspecified atom stereocenters. The molecule has 0 aromatic rings. The minimum atomic E-state index is -1.67. The van der Waals surface area contributed by atoms with Gasteiger partial charge in [-0.1, -0.05) is 47.6 Å². The second-order valence-corrected chi connectivity index (χ2v) is 13.6. The zero-order valence-electron chi connectivity index (χ0n) is 15.4. The van der Waals surface area contributed by atoms with Crippen molar-refractivity contribution >= 4 is 8.32 Å². The van der Waals surface area contributed by atoms with Gasteiger partial charge in [0.25, 0.3) is 0 Å². The highest BCUT2D eigenvalue weighted by Gasteiger charge is 2.43. The minimum absolute atomic E-state index is 0.102. The summed E-state index contributed by atoms with van der Waals surface area (Å²) in [5.41, 5.74) is 1.32. The van der Waals surface area contributed by atoms with Crippen molar-refractivity contribution in [1.29, 1.82) is 0 Å². The molecule has 0 spiro atoms. The average Bonchev–Trinajstić information content (AvgIpc) is 2.64. The predicted octanol–water partition coefficient (Wildman–Crippen LogP) is 5.00. The Balaban J connectivity index is 2.73. The van der Waals surface area contributed by atoms with Crippen molar-refractivity contribution in [2.45, 2.75) is 72.5 Å². The summed E-state index contributed by atoms with van der Waals surface area (Å²) in [5.74, 6) is 1.27. The molecule has 21 heavy (non-hydrogen) atoms. The molecule has 0 radical (unpaired) electrons. The van der Waals surface area contributed by atoms with Crippen molar-refractivity contribution in [1.82, 2.24) is 0 Å². The minimum Gasteiger partial charge on any atom is -0.417 e. The molecule has 2 nitrogen and oxygen atoms in total. The SMILES string of the molecule is CC(C)[C@@H]1CC=C(CO)[C@@]1(C)CCO[Si](C)(C)C(C)(C)C. The third kappa shape index (κ3) is 3.99. The van der Waals surface area contributed by atoms with E-state index < -0.39 is 8.32 Å². The zero-order valence-corrected chi connectivity index (χ0v) is 16.4. The van der Waals surface area contributed by atoms with Crippen LogP contribution in [0, 0.1) is 17.3 Å². The molecule has 3 heteroatoms. The van der Waals surface area contributed by atoms with E-state index in [9.17, 15) is 5.11 Å². The van der Waals surface area contributed by atoms with E-state index in [-0.39, 0.29) is 17.1 Å². The topological polar surface area (TPSA) is 29.5 Å². The fourth-order valence-electron chi connectivity index (χ4n) is 3.33. The zero-order chi connectivity index (χ0) is 16.5. The molecule has 0 saturated heterocycles. The smallest absolute Gasteiger partial charge is 0.191 e. The summed E-state index contributed by atoms with van der Waals surface area (Å²) in [7, 11) is -1.67. The lowest BCUT2D eigenvalue weighted by molar-refractivity contribution is 0.132. The fourth-order valence-corrected chi connectivity index (χ4v) is 4.38. The van der Waals surface area contributed by atoms with Crippen molar-refractivity contribution in [2.24, 2.45) is 17.3 Å². The quantitative estimate of drug-likeness (QED) is 0.552. The number of hydrogen-bond donors (Lipinski definition) is 1. The lowest BCUT2D eigenvalue weighted by Gasteiger charge is -2.40. The van der Waals surface area contributed by atoms with Gasteiger partial charge in [0.15, 0.2) is 8.32 Å². The van der Waals surface area contributed by atoms with Gasteiger partial charge in [0, 0.05) is 6.61 Å². The Labute approximate surface area is 133 Å². The van der Waals surface area contributed by atoms with Crippen LogP contribution >= 0.6 is 0 Å². The van der Waals surface area contributed by atoms with Crippen LogP contribution in [0.4, 0.5) is 0 Å². The molecule has 1 N–H and O–H groups in total. The van der Waals surface area contributed by atoms with Crippen LogP contribution in [0.1, 0.15) is 54.4 Å². The standard InChI is InChI=1S/C18H36O2Si/c1-14(2)16-10-9-15(13-19)18(16,6)11-12-20-21(7,8)17(3,4)5/h9,14,16,19H,10-13H2,1-8H3/t16-,18+/m0/s1. The lowest BCUT2D eigenvalue weighted by Crippen LogP contribution is -2.42. The molecular weight excluding hydrogens is 276 g/mol. The van der Waals surface area contributed by atoms with E-state index in [1.165, 1.54) is 5.57 Å². The van der Waals surface area contributed by atoms with Crippen LogP contribution in [0.25, 0.3) is 0 Å². The molecule has 1 aliphatic rings. The highest BCUT2D eigenvalue weighted by molar-refractivity contribution is 6.74. The monoisotopic (exact) mass is 312 g/mol. The van der Waals surface area contributed by atoms with Crippen LogP contribution in [0.3, 0.4) is 0 Å². The summed E-state index contributed by atoms with van der Waals surface area (Å²) in [4.78, 5) is 0. The van der Waals surface area contributed by atoms with Gasteiger partial charge in [0.05, 0.1) is 6.61 Å². The van der Waals surface area contributed by atoms with Gasteiger partial charge < -0.3 is 9.53 Å². The van der Waals surface area contributed by atoms with Crippen molar-refractivity contribution in [2.75, 3.05) is 13.2 Å². The molecular formula is C18H36O2Si. The Hall–Kier alpha value is -0.123. The maximum atomic E-state index is 9.69. The summed E-state index contributed by atoms with van der Waals surface area (Å²) in [6, 6.07) is 0. The molecule has 0 aromatic heterocycles. The van der Waals surface area contributed by atoms with Crippen molar-refractivity contribution in [3.63, 3.8) is 0 Å². The van der Waals surface area contributed by atoms with Gasteiger partial charge >= 0.3 is 0 Å². The first-order valence-electron chi connectivity index (χ1n) is 8.40. The van der Waals surface area contributed by atoms with E-state index in [2.05, 4.69) is 60.7 Å². The molecule has 0 aliphatic heterocycles. The number of aliphatic hydroxyl groups is 1. The molecule has 0 heterocycles. The van der Waals surface area contributed by atoms with Crippen LogP contribution in [0.15, 0.2) is 11.6 Å². The number of aliphatic hydroxyl groups excluding tert-OH is 1. The molecule has 2 atom stereocenters. The summed E-state index contributed by atoms with van der Waals surface area (Å²) in [5, 5.41) is 9.95. The summed E-state index contributed by atoms with van der Waals surface area (Å²) >= 11 is 0. The van der Waals surface area contributed by atoms with Gasteiger partial charge in [0.1, 0.15) is 0 Å². The van der Waals surface area contributed by atoms with Gasteiger partial charge in [-0.25, -0.2) is 0 Å². The van der Waals surface area contributed by atoms with E-state index in [4.69, 9.17) is 4.43 Å². The number of hydrogen-bond acceptors (Lipinski definition) is 2. The largest absolute Gasteiger partial charge is 0.417 e. The van der Waals surface area contributed by atoms with E-state index >= 15 is 0 Å². The van der Waals surface area contributed by atoms with E-state index in [1.54, 1.807) is 0 Å². The van der Waals surface area contributed by atoms with E-state index in [0.29, 0.717) is 11.8 Å². The van der Waals surface area contributed by atoms with E-state index in [1.807, 2.05) is 0 Å². The molecule has 0 fully saturated rings. The first-order chi connectivity index (χ1) is 9.45. The molecule has 124 valence electrons. The first kappa shape index (κ1) is 18.9. The van der Waals surface area contributed by atoms with Crippen LogP contribution in [0.2, 0.25) is 18.1 Å². The van der Waals surface area contributed by atoms with Crippen molar-refractivity contribution < 1.29 is 9.53 Å². The third-order valence-corrected chi connectivity index (χ3v) is 10.6. The van der Waals surface area contributed by atoms with Gasteiger partial charge in [-0.2, -0.15) is 0 Å². The van der Waals surface area contributed by atoms with Crippen molar-refractivity contribution in [3.05, 3.63) is 11.6 Å². The number of rotatable bonds is 6. The van der Waals surface area contributed by atoms with Gasteiger partial charge in [-0.3, -0.25) is 0 Å². The Kier molecular flexibility index (Phi) is 5.91. The van der Waals surface area contributed by atoms with Crippen molar-refractivity contribution in [3.8, 4) is 0 Å². The molecule has 0 saturated carbocycles. The summed E-state index contributed by atoms with van der Waals surface area (Å²) in [6.07, 6.45) is 4.38. The summed E-state index contributed by atoms with van der Waals surface area (Å²) < 4.78 is 6.37. The summed E-state index contributed by atoms with van der Waals surface area (Å²) in [6.45, 7) is 19.4. The fraction of sp³-hybridized carbons (Fsp3) is 0.889. The highest BCUT2D eigenvalue weighted by Crippen LogP contribution is 2.49. The normalized spacial score (nSPS) is 27.3. The second kappa shape index (κ2) is 6.55. The predicted molar refractivity (Wildman–Crippen MR) is 94.0 cm³/mol. The van der Waals surface area contributed by atoms with Crippen LogP contribution in [0.5, 0.6) is 0 Å². The molecule has 0 amide bonds. The van der Waals surface area contributed by atoms with Gasteiger partial charge in [-0.15, -0.1) is 0 Å². The molecule has 1 aliphatic carbocycles. The molecule has 0 bridgehead atoms. The van der Waals surface area contributed by atoms with Gasteiger partial charge in [-0.05, 0) is 53.8 Å². The first-order valence-corrected chi connectivity index (χ1v) is 11.3. The maximum Gasteiger partial charge on any atom is 0.191 e. The highest BCUT2D eigenvalue weighted by atomic mass is 28.4. The Morgan fingerprint density at radius 2 is 1.95 bits per heavy atom.